The molecule has 0 bridgehead atoms. The van der Waals surface area contributed by atoms with Crippen LogP contribution in [0.3, 0.4) is 0 Å². The standard InChI is InChI=1S/C30H37Cl2N3O6/c1-33-19-28(36)35(30(33)39)12-13-41-26-11-8-21(14-27(26)40-2)18-34(17-20-6-4-3-5-7-20)25(16-29(37)38)22-9-10-23(31)24(32)15-22/h8-11,14-15,19-20,25,36H,3-7,12-13,16-18H2,1-2H3,(H,37,38)/t25-/m0/s1. The number of ether oxygens (including phenoxy) is 2. The second-order valence-electron chi connectivity index (χ2n) is 10.6. The summed E-state index contributed by atoms with van der Waals surface area (Å²) in [5.74, 6) is 0.489. The number of hydrogen-bond donors (Lipinski definition) is 2. The maximum absolute atomic E-state index is 12.1. The number of imidazole rings is 1. The van der Waals surface area contributed by atoms with Gasteiger partial charge < -0.3 is 19.7 Å². The van der Waals surface area contributed by atoms with Crippen LogP contribution < -0.4 is 15.2 Å². The van der Waals surface area contributed by atoms with Crippen molar-refractivity contribution in [3.8, 4) is 17.4 Å². The minimum Gasteiger partial charge on any atom is -0.493 e. The summed E-state index contributed by atoms with van der Waals surface area (Å²) in [5, 5.41) is 20.6. The molecule has 1 atom stereocenters. The van der Waals surface area contributed by atoms with Crippen molar-refractivity contribution in [2.45, 2.75) is 57.7 Å². The van der Waals surface area contributed by atoms with Crippen molar-refractivity contribution in [2.24, 2.45) is 13.0 Å². The molecule has 1 aliphatic rings. The molecule has 0 spiro atoms. The minimum atomic E-state index is -0.889. The predicted octanol–water partition coefficient (Wildman–Crippen LogP) is 5.89. The molecule has 4 rings (SSSR count). The molecule has 1 saturated carbocycles. The molecule has 2 N–H and O–H groups in total. The summed E-state index contributed by atoms with van der Waals surface area (Å²) in [7, 11) is 3.13. The molecule has 0 radical (unpaired) electrons. The van der Waals surface area contributed by atoms with Gasteiger partial charge in [0.15, 0.2) is 11.5 Å². The number of carboxylic acid groups (broad SMARTS) is 1. The SMILES string of the molecule is COc1cc(CN(CC2CCCCC2)[C@@H](CC(=O)O)c2ccc(Cl)c(Cl)c2)ccc1OCCn1c(O)cn(C)c1=O. The molecule has 1 aromatic heterocycles. The van der Waals surface area contributed by atoms with Crippen molar-refractivity contribution in [3.05, 3.63) is 74.3 Å². The Morgan fingerprint density at radius 2 is 1.85 bits per heavy atom. The number of aryl methyl sites for hydroxylation is 1. The highest BCUT2D eigenvalue weighted by Crippen LogP contribution is 2.35. The lowest BCUT2D eigenvalue weighted by Crippen LogP contribution is -2.35. The maximum Gasteiger partial charge on any atom is 0.330 e. The Labute approximate surface area is 249 Å². The molecule has 0 unspecified atom stereocenters. The third-order valence-electron chi connectivity index (χ3n) is 7.66. The van der Waals surface area contributed by atoms with E-state index in [2.05, 4.69) is 4.90 Å². The number of nitrogens with zero attached hydrogens (tertiary/aromatic N) is 3. The van der Waals surface area contributed by atoms with Gasteiger partial charge in [0.05, 0.1) is 36.3 Å². The van der Waals surface area contributed by atoms with Crippen LogP contribution in [0.25, 0.3) is 0 Å². The lowest BCUT2D eigenvalue weighted by molar-refractivity contribution is -0.138. The summed E-state index contributed by atoms with van der Waals surface area (Å²) in [6.07, 6.45) is 7.12. The molecule has 0 aliphatic heterocycles. The van der Waals surface area contributed by atoms with Crippen LogP contribution >= 0.6 is 23.2 Å². The fraction of sp³-hybridized carbons (Fsp3) is 0.467. The molecule has 9 nitrogen and oxygen atoms in total. The Balaban J connectivity index is 1.56. The van der Waals surface area contributed by atoms with Crippen molar-refractivity contribution in [1.29, 1.82) is 0 Å². The van der Waals surface area contributed by atoms with E-state index in [1.165, 1.54) is 34.6 Å². The van der Waals surface area contributed by atoms with Crippen LogP contribution in [0.1, 0.15) is 55.7 Å². The quantitative estimate of drug-likeness (QED) is 0.250. The molecular formula is C30H37Cl2N3O6. The van der Waals surface area contributed by atoms with Gasteiger partial charge in [0.2, 0.25) is 5.88 Å². The van der Waals surface area contributed by atoms with Crippen molar-refractivity contribution >= 4 is 29.2 Å². The fourth-order valence-corrected chi connectivity index (χ4v) is 5.86. The smallest absolute Gasteiger partial charge is 0.330 e. The zero-order valence-electron chi connectivity index (χ0n) is 23.4. The first-order valence-electron chi connectivity index (χ1n) is 13.8. The zero-order chi connectivity index (χ0) is 29.5. The van der Waals surface area contributed by atoms with E-state index in [0.717, 1.165) is 30.5 Å². The average molecular weight is 607 g/mol. The Kier molecular flexibility index (Phi) is 10.6. The van der Waals surface area contributed by atoms with E-state index in [1.54, 1.807) is 26.3 Å². The zero-order valence-corrected chi connectivity index (χ0v) is 24.9. The van der Waals surface area contributed by atoms with E-state index in [4.69, 9.17) is 32.7 Å². The van der Waals surface area contributed by atoms with Gasteiger partial charge in [-0.15, -0.1) is 0 Å². The maximum atomic E-state index is 12.1. The number of aliphatic carboxylic acids is 1. The van der Waals surface area contributed by atoms with Crippen LogP contribution in [-0.4, -0.2) is 50.5 Å². The Bertz CT molecular complexity index is 1400. The minimum absolute atomic E-state index is 0.0747. The van der Waals surface area contributed by atoms with Crippen LogP contribution in [0.2, 0.25) is 10.0 Å². The number of aromatic hydroxyl groups is 1. The van der Waals surface area contributed by atoms with Gasteiger partial charge in [0, 0.05) is 26.2 Å². The van der Waals surface area contributed by atoms with E-state index >= 15 is 0 Å². The van der Waals surface area contributed by atoms with E-state index in [1.807, 2.05) is 24.3 Å². The van der Waals surface area contributed by atoms with Gasteiger partial charge in [-0.2, -0.15) is 0 Å². The Hall–Kier alpha value is -3.14. The van der Waals surface area contributed by atoms with E-state index in [9.17, 15) is 19.8 Å². The Morgan fingerprint density at radius 3 is 2.49 bits per heavy atom. The number of carboxylic acids is 1. The first kappa shape index (κ1) is 30.8. The summed E-state index contributed by atoms with van der Waals surface area (Å²) in [6.45, 7) is 1.58. The first-order chi connectivity index (χ1) is 19.7. The van der Waals surface area contributed by atoms with Gasteiger partial charge in [-0.05, 0) is 54.2 Å². The topological polar surface area (TPSA) is 106 Å². The monoisotopic (exact) mass is 605 g/mol. The van der Waals surface area contributed by atoms with Crippen molar-refractivity contribution in [2.75, 3.05) is 20.3 Å². The fourth-order valence-electron chi connectivity index (χ4n) is 5.55. The van der Waals surface area contributed by atoms with Gasteiger partial charge in [-0.25, -0.2) is 4.79 Å². The molecule has 41 heavy (non-hydrogen) atoms. The van der Waals surface area contributed by atoms with Gasteiger partial charge >= 0.3 is 11.7 Å². The van der Waals surface area contributed by atoms with E-state index in [0.29, 0.717) is 34.0 Å². The lowest BCUT2D eigenvalue weighted by atomic mass is 9.88. The summed E-state index contributed by atoms with van der Waals surface area (Å²) in [5.41, 5.74) is 1.42. The van der Waals surface area contributed by atoms with E-state index < -0.39 is 12.0 Å². The summed E-state index contributed by atoms with van der Waals surface area (Å²) in [4.78, 5) is 26.4. The van der Waals surface area contributed by atoms with Gasteiger partial charge in [-0.1, -0.05) is 54.6 Å². The van der Waals surface area contributed by atoms with Gasteiger partial charge in [-0.3, -0.25) is 18.8 Å². The van der Waals surface area contributed by atoms with Crippen LogP contribution in [0.4, 0.5) is 0 Å². The molecule has 1 aliphatic carbocycles. The number of carbonyl (C=O) groups is 1. The van der Waals surface area contributed by atoms with Gasteiger partial charge in [0.25, 0.3) is 0 Å². The predicted molar refractivity (Wildman–Crippen MR) is 158 cm³/mol. The van der Waals surface area contributed by atoms with Crippen LogP contribution in [0, 0.1) is 5.92 Å². The van der Waals surface area contributed by atoms with Crippen LogP contribution in [-0.2, 0) is 24.9 Å². The first-order valence-corrected chi connectivity index (χ1v) is 14.6. The van der Waals surface area contributed by atoms with Crippen molar-refractivity contribution in [1.82, 2.24) is 14.0 Å². The van der Waals surface area contributed by atoms with Gasteiger partial charge in [0.1, 0.15) is 6.61 Å². The molecule has 2 aromatic carbocycles. The molecule has 222 valence electrons. The highest BCUT2D eigenvalue weighted by atomic mass is 35.5. The lowest BCUT2D eigenvalue weighted by Gasteiger charge is -2.36. The van der Waals surface area contributed by atoms with Crippen LogP contribution in [0.5, 0.6) is 17.4 Å². The number of hydrogen-bond acceptors (Lipinski definition) is 6. The van der Waals surface area contributed by atoms with Crippen molar-refractivity contribution < 1.29 is 24.5 Å². The largest absolute Gasteiger partial charge is 0.493 e. The molecular weight excluding hydrogens is 569 g/mol. The second-order valence-corrected chi connectivity index (χ2v) is 11.4. The Morgan fingerprint density at radius 1 is 1.10 bits per heavy atom. The van der Waals surface area contributed by atoms with E-state index in [-0.39, 0.29) is 31.1 Å². The number of aromatic nitrogens is 2. The number of rotatable bonds is 13. The number of methoxy groups -OCH3 is 1. The molecule has 3 aromatic rings. The third-order valence-corrected chi connectivity index (χ3v) is 8.40. The highest BCUT2D eigenvalue weighted by molar-refractivity contribution is 6.42. The number of halogens is 2. The summed E-state index contributed by atoms with van der Waals surface area (Å²) >= 11 is 12.5. The summed E-state index contributed by atoms with van der Waals surface area (Å²) < 4.78 is 14.1. The highest BCUT2D eigenvalue weighted by Gasteiger charge is 2.28. The molecule has 1 fully saturated rings. The number of benzene rings is 2. The second kappa shape index (κ2) is 14.2. The molecule has 0 amide bonds. The normalized spacial score (nSPS) is 14.8. The summed E-state index contributed by atoms with van der Waals surface area (Å²) in [6, 6.07) is 10.6. The average Bonchev–Trinajstić information content (AvgIpc) is 3.19. The van der Waals surface area contributed by atoms with Crippen molar-refractivity contribution in [3.63, 3.8) is 0 Å². The van der Waals surface area contributed by atoms with Crippen LogP contribution in [0.15, 0.2) is 47.4 Å². The molecule has 1 heterocycles. The molecule has 0 saturated heterocycles. The third kappa shape index (κ3) is 7.99. The molecule has 11 heteroatoms.